The number of hydrogen-bond acceptors (Lipinski definition) is 2. The van der Waals surface area contributed by atoms with Gasteiger partial charge in [0.1, 0.15) is 0 Å². The minimum Gasteiger partial charge on any atom is -0.216 e. The maximum absolute atomic E-state index is 10.7. The van der Waals surface area contributed by atoms with Crippen molar-refractivity contribution in [3.63, 3.8) is 0 Å². The van der Waals surface area contributed by atoms with Crippen LogP contribution in [-0.4, -0.2) is 14.0 Å². The van der Waals surface area contributed by atoms with E-state index >= 15 is 0 Å². The van der Waals surface area contributed by atoms with Crippen LogP contribution in [0.5, 0.6) is 0 Å². The van der Waals surface area contributed by atoms with Gasteiger partial charge in [0.25, 0.3) is 10.2 Å². The maximum Gasteiger partial charge on any atom is 0.274 e. The molecule has 0 atom stereocenters. The number of rotatable bonds is 3. The Bertz CT molecular complexity index is 225. The zero-order valence-corrected chi connectivity index (χ0v) is 7.45. The van der Waals surface area contributed by atoms with E-state index in [2.05, 4.69) is 4.72 Å². The first-order valence-corrected chi connectivity index (χ1v) is 5.34. The zero-order chi connectivity index (χ0) is 8.54. The second-order valence-electron chi connectivity index (χ2n) is 3.13. The largest absolute Gasteiger partial charge is 0.274 e. The molecule has 1 aliphatic carbocycles. The average molecular weight is 178 g/mol. The molecule has 0 amide bonds. The highest BCUT2D eigenvalue weighted by molar-refractivity contribution is 7.87. The first kappa shape index (κ1) is 8.96. The number of nitrogens with two attached hydrogens (primary N) is 1. The molecular weight excluding hydrogens is 164 g/mol. The van der Waals surface area contributed by atoms with E-state index in [0.717, 1.165) is 25.7 Å². The third-order valence-electron chi connectivity index (χ3n) is 2.35. The molecule has 0 heterocycles. The second-order valence-corrected chi connectivity index (χ2v) is 4.43. The summed E-state index contributed by atoms with van der Waals surface area (Å²) in [6, 6.07) is 0. The topological polar surface area (TPSA) is 72.2 Å². The van der Waals surface area contributed by atoms with Gasteiger partial charge in [0.15, 0.2) is 0 Å². The van der Waals surface area contributed by atoms with Crippen LogP contribution >= 0.6 is 0 Å². The summed E-state index contributed by atoms with van der Waals surface area (Å²) in [5.74, 6) is 0. The van der Waals surface area contributed by atoms with Crippen molar-refractivity contribution in [3.8, 4) is 0 Å². The fraction of sp³-hybridized carbons (Fsp3) is 1.00. The van der Waals surface area contributed by atoms with Gasteiger partial charge in [-0.2, -0.15) is 13.1 Å². The van der Waals surface area contributed by atoms with Crippen LogP contribution in [0.15, 0.2) is 0 Å². The van der Waals surface area contributed by atoms with E-state index in [1.165, 1.54) is 0 Å². The lowest BCUT2D eigenvalue weighted by atomic mass is 9.76. The van der Waals surface area contributed by atoms with Crippen molar-refractivity contribution in [2.24, 2.45) is 5.14 Å². The molecule has 0 aromatic carbocycles. The average Bonchev–Trinajstić information content (AvgIpc) is 1.77. The molecular formula is C6H14N2O2S. The van der Waals surface area contributed by atoms with E-state index in [1.54, 1.807) is 0 Å². The summed E-state index contributed by atoms with van der Waals surface area (Å²) in [4.78, 5) is 0. The summed E-state index contributed by atoms with van der Waals surface area (Å²) in [7, 11) is -3.50. The standard InChI is InChI=1S/C6H14N2O2S/c1-2-6(4-3-5-6)8-11(7,9)10/h8H,2-5H2,1H3,(H2,7,9,10). The molecule has 3 N–H and O–H groups in total. The van der Waals surface area contributed by atoms with E-state index in [9.17, 15) is 8.42 Å². The fourth-order valence-electron chi connectivity index (χ4n) is 1.43. The van der Waals surface area contributed by atoms with Gasteiger partial charge in [-0.05, 0) is 25.7 Å². The monoisotopic (exact) mass is 178 g/mol. The Hall–Kier alpha value is -0.130. The fourth-order valence-corrected chi connectivity index (χ4v) is 2.39. The molecule has 0 aromatic heterocycles. The Morgan fingerprint density at radius 2 is 2.09 bits per heavy atom. The van der Waals surface area contributed by atoms with E-state index in [-0.39, 0.29) is 5.54 Å². The molecule has 0 bridgehead atoms. The van der Waals surface area contributed by atoms with Crippen LogP contribution in [0, 0.1) is 0 Å². The Kier molecular flexibility index (Phi) is 2.22. The lowest BCUT2D eigenvalue weighted by Crippen LogP contribution is -2.54. The highest BCUT2D eigenvalue weighted by atomic mass is 32.2. The van der Waals surface area contributed by atoms with Crippen molar-refractivity contribution in [3.05, 3.63) is 0 Å². The molecule has 1 saturated carbocycles. The molecule has 0 radical (unpaired) electrons. The highest BCUT2D eigenvalue weighted by Gasteiger charge is 2.37. The summed E-state index contributed by atoms with van der Waals surface area (Å²) in [5, 5.41) is 4.87. The molecule has 1 aliphatic rings. The Morgan fingerprint density at radius 1 is 1.55 bits per heavy atom. The molecule has 0 spiro atoms. The van der Waals surface area contributed by atoms with Crippen molar-refractivity contribution in [2.45, 2.75) is 38.1 Å². The third kappa shape index (κ3) is 2.15. The van der Waals surface area contributed by atoms with Crippen molar-refractivity contribution in [1.29, 1.82) is 0 Å². The molecule has 11 heavy (non-hydrogen) atoms. The van der Waals surface area contributed by atoms with Crippen LogP contribution < -0.4 is 9.86 Å². The molecule has 1 fully saturated rings. The van der Waals surface area contributed by atoms with Crippen LogP contribution in [0.1, 0.15) is 32.6 Å². The zero-order valence-electron chi connectivity index (χ0n) is 6.63. The molecule has 0 aromatic rings. The highest BCUT2D eigenvalue weighted by Crippen LogP contribution is 2.34. The van der Waals surface area contributed by atoms with Gasteiger partial charge in [-0.15, -0.1) is 0 Å². The second kappa shape index (κ2) is 2.73. The van der Waals surface area contributed by atoms with Crippen molar-refractivity contribution >= 4 is 10.2 Å². The van der Waals surface area contributed by atoms with Gasteiger partial charge in [-0.1, -0.05) is 6.92 Å². The molecule has 0 unspecified atom stereocenters. The smallest absolute Gasteiger partial charge is 0.216 e. The van der Waals surface area contributed by atoms with Crippen LogP contribution in [0.2, 0.25) is 0 Å². The van der Waals surface area contributed by atoms with Gasteiger partial charge >= 0.3 is 0 Å². The predicted octanol–water partition coefficient (Wildman–Crippen LogP) is 0.112. The van der Waals surface area contributed by atoms with E-state index in [1.807, 2.05) is 6.92 Å². The summed E-state index contributed by atoms with van der Waals surface area (Å²) in [6.07, 6.45) is 3.75. The maximum atomic E-state index is 10.7. The van der Waals surface area contributed by atoms with E-state index in [0.29, 0.717) is 0 Å². The first-order chi connectivity index (χ1) is 4.97. The Morgan fingerprint density at radius 3 is 2.18 bits per heavy atom. The van der Waals surface area contributed by atoms with Crippen molar-refractivity contribution in [2.75, 3.05) is 0 Å². The van der Waals surface area contributed by atoms with Gasteiger partial charge in [-0.3, -0.25) is 0 Å². The van der Waals surface area contributed by atoms with E-state index in [4.69, 9.17) is 5.14 Å². The summed E-state index contributed by atoms with van der Waals surface area (Å²) < 4.78 is 23.8. The van der Waals surface area contributed by atoms with Crippen LogP contribution in [0.3, 0.4) is 0 Å². The Balaban J connectivity index is 2.59. The van der Waals surface area contributed by atoms with Crippen LogP contribution in [-0.2, 0) is 10.2 Å². The van der Waals surface area contributed by atoms with Crippen molar-refractivity contribution in [1.82, 2.24) is 4.72 Å². The Labute approximate surface area is 67.3 Å². The molecule has 4 nitrogen and oxygen atoms in total. The van der Waals surface area contributed by atoms with Crippen LogP contribution in [0.25, 0.3) is 0 Å². The van der Waals surface area contributed by atoms with Gasteiger partial charge in [0.05, 0.1) is 0 Å². The minimum absolute atomic E-state index is 0.215. The van der Waals surface area contributed by atoms with Gasteiger partial charge in [0, 0.05) is 5.54 Å². The van der Waals surface area contributed by atoms with E-state index < -0.39 is 10.2 Å². The number of nitrogens with one attached hydrogen (secondary N) is 1. The predicted molar refractivity (Wildman–Crippen MR) is 43.1 cm³/mol. The van der Waals surface area contributed by atoms with Crippen molar-refractivity contribution < 1.29 is 8.42 Å². The molecule has 66 valence electrons. The third-order valence-corrected chi connectivity index (χ3v) is 3.06. The van der Waals surface area contributed by atoms with Crippen LogP contribution in [0.4, 0.5) is 0 Å². The SMILES string of the molecule is CCC1(NS(N)(=O)=O)CCC1. The molecule has 0 saturated heterocycles. The summed E-state index contributed by atoms with van der Waals surface area (Å²) >= 11 is 0. The minimum atomic E-state index is -3.50. The van der Waals surface area contributed by atoms with Gasteiger partial charge < -0.3 is 0 Å². The lowest BCUT2D eigenvalue weighted by Gasteiger charge is -2.40. The quantitative estimate of drug-likeness (QED) is 0.644. The summed E-state index contributed by atoms with van der Waals surface area (Å²) in [6.45, 7) is 1.97. The number of hydrogen-bond donors (Lipinski definition) is 2. The first-order valence-electron chi connectivity index (χ1n) is 3.79. The normalized spacial score (nSPS) is 22.7. The lowest BCUT2D eigenvalue weighted by molar-refractivity contribution is 0.214. The molecule has 5 heteroatoms. The molecule has 1 rings (SSSR count). The summed E-state index contributed by atoms with van der Waals surface area (Å²) in [5.41, 5.74) is -0.215. The van der Waals surface area contributed by atoms with Gasteiger partial charge in [0.2, 0.25) is 0 Å². The van der Waals surface area contributed by atoms with Gasteiger partial charge in [-0.25, -0.2) is 5.14 Å². The molecule has 0 aliphatic heterocycles.